The van der Waals surface area contributed by atoms with Crippen molar-refractivity contribution in [1.29, 1.82) is 0 Å². The average molecular weight is 380 g/mol. The zero-order valence-electron chi connectivity index (χ0n) is 17.0. The predicted molar refractivity (Wildman–Crippen MR) is 115 cm³/mol. The zero-order valence-corrected chi connectivity index (χ0v) is 17.0. The second kappa shape index (κ2) is 8.91. The number of anilines is 3. The van der Waals surface area contributed by atoms with E-state index in [-0.39, 0.29) is 24.2 Å². The molecule has 1 atom stereocenters. The van der Waals surface area contributed by atoms with E-state index in [0.29, 0.717) is 13.1 Å². The van der Waals surface area contributed by atoms with Crippen molar-refractivity contribution in [3.63, 3.8) is 0 Å². The van der Waals surface area contributed by atoms with E-state index in [2.05, 4.69) is 18.7 Å². The molecule has 3 rings (SSSR count). The van der Waals surface area contributed by atoms with Crippen LogP contribution in [0.3, 0.4) is 0 Å². The highest BCUT2D eigenvalue weighted by Crippen LogP contribution is 2.29. The van der Waals surface area contributed by atoms with E-state index in [1.807, 2.05) is 61.5 Å². The molecule has 2 aromatic carbocycles. The third-order valence-electron chi connectivity index (χ3n) is 5.41. The number of hydrogen-bond donors (Lipinski definition) is 0. The Morgan fingerprint density at radius 1 is 0.929 bits per heavy atom. The third kappa shape index (κ3) is 4.03. The largest absolute Gasteiger partial charge is 0.372 e. The summed E-state index contributed by atoms with van der Waals surface area (Å²) >= 11 is 0. The monoisotopic (exact) mass is 379 g/mol. The van der Waals surface area contributed by atoms with E-state index in [9.17, 15) is 9.59 Å². The first-order valence-electron chi connectivity index (χ1n) is 10.1. The molecule has 1 saturated heterocycles. The average Bonchev–Trinajstić information content (AvgIpc) is 3.12. The van der Waals surface area contributed by atoms with E-state index in [1.165, 1.54) is 0 Å². The predicted octanol–water partition coefficient (Wildman–Crippen LogP) is 3.94. The Kier molecular flexibility index (Phi) is 6.34. The Balaban J connectivity index is 1.73. The van der Waals surface area contributed by atoms with Gasteiger partial charge in [0.05, 0.1) is 5.92 Å². The number of amides is 2. The number of nitrogens with zero attached hydrogens (tertiary/aromatic N) is 3. The Hall–Kier alpha value is -2.82. The summed E-state index contributed by atoms with van der Waals surface area (Å²) in [5.41, 5.74) is 2.89. The van der Waals surface area contributed by atoms with Gasteiger partial charge in [-0.2, -0.15) is 0 Å². The molecule has 5 nitrogen and oxygen atoms in total. The van der Waals surface area contributed by atoms with Gasteiger partial charge in [0.15, 0.2) is 0 Å². The minimum Gasteiger partial charge on any atom is -0.372 e. The van der Waals surface area contributed by atoms with Gasteiger partial charge in [-0.3, -0.25) is 9.59 Å². The Bertz CT molecular complexity index is 800. The molecule has 28 heavy (non-hydrogen) atoms. The maximum absolute atomic E-state index is 13.1. The van der Waals surface area contributed by atoms with Gasteiger partial charge in [0.25, 0.3) is 0 Å². The van der Waals surface area contributed by atoms with Crippen LogP contribution in [0.25, 0.3) is 0 Å². The molecule has 0 saturated carbocycles. The smallest absolute Gasteiger partial charge is 0.232 e. The lowest BCUT2D eigenvalue weighted by Gasteiger charge is -2.25. The van der Waals surface area contributed by atoms with Crippen molar-refractivity contribution in [2.45, 2.75) is 27.2 Å². The van der Waals surface area contributed by atoms with Gasteiger partial charge in [-0.15, -0.1) is 0 Å². The van der Waals surface area contributed by atoms with Crippen LogP contribution in [0.1, 0.15) is 27.2 Å². The molecule has 148 valence electrons. The first-order chi connectivity index (χ1) is 13.6. The van der Waals surface area contributed by atoms with Crippen molar-refractivity contribution in [3.8, 4) is 0 Å². The second-order valence-corrected chi connectivity index (χ2v) is 7.01. The summed E-state index contributed by atoms with van der Waals surface area (Å²) in [5.74, 6) is -0.280. The van der Waals surface area contributed by atoms with Crippen LogP contribution < -0.4 is 14.7 Å². The van der Waals surface area contributed by atoms with Crippen molar-refractivity contribution >= 4 is 28.9 Å². The van der Waals surface area contributed by atoms with Crippen LogP contribution in [0.5, 0.6) is 0 Å². The molecule has 1 fully saturated rings. The summed E-state index contributed by atoms with van der Waals surface area (Å²) in [4.78, 5) is 31.5. The first kappa shape index (κ1) is 19.9. The summed E-state index contributed by atoms with van der Waals surface area (Å²) in [6.45, 7) is 9.14. The van der Waals surface area contributed by atoms with Gasteiger partial charge in [0.1, 0.15) is 0 Å². The second-order valence-electron chi connectivity index (χ2n) is 7.01. The Morgan fingerprint density at radius 3 is 2.14 bits per heavy atom. The Labute approximate surface area is 167 Å². The highest BCUT2D eigenvalue weighted by atomic mass is 16.2. The minimum absolute atomic E-state index is 0.0121. The van der Waals surface area contributed by atoms with Crippen LogP contribution in [0.2, 0.25) is 0 Å². The molecule has 5 heteroatoms. The standard InChI is InChI=1S/C23H29N3O2/c1-4-24(5-2)19-12-14-21(15-13-19)26-17-18(16-22(26)27)23(28)25(6-3)20-10-8-7-9-11-20/h7-15,18H,4-6,16-17H2,1-3H3. The van der Waals surface area contributed by atoms with Crippen molar-refractivity contribution in [2.24, 2.45) is 5.92 Å². The third-order valence-corrected chi connectivity index (χ3v) is 5.41. The molecule has 0 N–H and O–H groups in total. The molecule has 0 spiro atoms. The van der Waals surface area contributed by atoms with Gasteiger partial charge >= 0.3 is 0 Å². The fraction of sp³-hybridized carbons (Fsp3) is 0.391. The summed E-state index contributed by atoms with van der Waals surface area (Å²) in [6.07, 6.45) is 0.264. The molecule has 2 amide bonds. The van der Waals surface area contributed by atoms with Gasteiger partial charge in [0, 0.05) is 49.7 Å². The summed E-state index contributed by atoms with van der Waals surface area (Å²) < 4.78 is 0. The lowest BCUT2D eigenvalue weighted by atomic mass is 10.1. The highest BCUT2D eigenvalue weighted by Gasteiger charge is 2.37. The summed E-state index contributed by atoms with van der Waals surface area (Å²) in [5, 5.41) is 0. The molecule has 1 heterocycles. The van der Waals surface area contributed by atoms with Crippen molar-refractivity contribution in [3.05, 3.63) is 54.6 Å². The van der Waals surface area contributed by atoms with E-state index < -0.39 is 0 Å². The fourth-order valence-corrected chi connectivity index (χ4v) is 3.85. The lowest BCUT2D eigenvalue weighted by Crippen LogP contribution is -2.37. The van der Waals surface area contributed by atoms with Crippen molar-refractivity contribution < 1.29 is 9.59 Å². The summed E-state index contributed by atoms with van der Waals surface area (Å²) in [6, 6.07) is 17.7. The van der Waals surface area contributed by atoms with Crippen molar-refractivity contribution in [2.75, 3.05) is 40.9 Å². The molecule has 1 aliphatic heterocycles. The molecular formula is C23H29N3O2. The van der Waals surface area contributed by atoms with Gasteiger partial charge < -0.3 is 14.7 Å². The molecule has 0 radical (unpaired) electrons. The Morgan fingerprint density at radius 2 is 1.57 bits per heavy atom. The van der Waals surface area contributed by atoms with Gasteiger partial charge in [0.2, 0.25) is 11.8 Å². The normalized spacial score (nSPS) is 16.3. The SMILES string of the molecule is CCN(CC)c1ccc(N2CC(C(=O)N(CC)c3ccccc3)CC2=O)cc1. The van der Waals surface area contributed by atoms with Crippen LogP contribution in [0.4, 0.5) is 17.1 Å². The quantitative estimate of drug-likeness (QED) is 0.732. The van der Waals surface area contributed by atoms with Crippen LogP contribution in [-0.2, 0) is 9.59 Å². The number of carbonyl (C=O) groups excluding carboxylic acids is 2. The topological polar surface area (TPSA) is 43.9 Å². The minimum atomic E-state index is -0.310. The van der Waals surface area contributed by atoms with Gasteiger partial charge in [-0.25, -0.2) is 0 Å². The summed E-state index contributed by atoms with van der Waals surface area (Å²) in [7, 11) is 0. The number of hydrogen-bond acceptors (Lipinski definition) is 3. The molecule has 2 aromatic rings. The molecule has 0 bridgehead atoms. The van der Waals surface area contributed by atoms with Crippen LogP contribution >= 0.6 is 0 Å². The van der Waals surface area contributed by atoms with Gasteiger partial charge in [-0.1, -0.05) is 18.2 Å². The van der Waals surface area contributed by atoms with Crippen LogP contribution in [0.15, 0.2) is 54.6 Å². The maximum Gasteiger partial charge on any atom is 0.232 e. The molecule has 1 unspecified atom stereocenters. The molecule has 0 aliphatic carbocycles. The van der Waals surface area contributed by atoms with Crippen LogP contribution in [0, 0.1) is 5.92 Å². The zero-order chi connectivity index (χ0) is 20.1. The molecule has 0 aromatic heterocycles. The van der Waals surface area contributed by atoms with E-state index >= 15 is 0 Å². The van der Waals surface area contributed by atoms with Crippen LogP contribution in [-0.4, -0.2) is 38.0 Å². The number of carbonyl (C=O) groups is 2. The number of benzene rings is 2. The number of para-hydroxylation sites is 1. The molecular weight excluding hydrogens is 350 g/mol. The van der Waals surface area contributed by atoms with E-state index in [0.717, 1.165) is 30.2 Å². The van der Waals surface area contributed by atoms with E-state index in [1.54, 1.807) is 9.80 Å². The fourth-order valence-electron chi connectivity index (χ4n) is 3.85. The highest BCUT2D eigenvalue weighted by molar-refractivity contribution is 6.04. The van der Waals surface area contributed by atoms with E-state index in [4.69, 9.17) is 0 Å². The van der Waals surface area contributed by atoms with Gasteiger partial charge in [-0.05, 0) is 57.2 Å². The van der Waals surface area contributed by atoms with Crippen molar-refractivity contribution in [1.82, 2.24) is 0 Å². The lowest BCUT2D eigenvalue weighted by molar-refractivity contribution is -0.124. The maximum atomic E-state index is 13.1. The molecule has 1 aliphatic rings. The number of rotatable bonds is 7. The first-order valence-corrected chi connectivity index (χ1v) is 10.1.